The summed E-state index contributed by atoms with van der Waals surface area (Å²) in [5.74, 6) is -1.86. The van der Waals surface area contributed by atoms with Gasteiger partial charge in [-0.05, 0) is 30.7 Å². The number of alkyl halides is 3. The second-order valence-corrected chi connectivity index (χ2v) is 5.38. The Morgan fingerprint density at radius 3 is 2.31 bits per heavy atom. The van der Waals surface area contributed by atoms with Gasteiger partial charge < -0.3 is 5.73 Å². The zero-order valence-electron chi connectivity index (χ0n) is 8.38. The molecule has 1 rings (SSSR count). The van der Waals surface area contributed by atoms with Gasteiger partial charge in [0.15, 0.2) is 15.6 Å². The van der Waals surface area contributed by atoms with Crippen LogP contribution in [0.1, 0.15) is 5.56 Å². The lowest BCUT2D eigenvalue weighted by Gasteiger charge is -2.09. The largest absolute Gasteiger partial charge is 0.403 e. The molecule has 0 bridgehead atoms. The average Bonchev–Trinajstić information content (AvgIpc) is 2.05. The summed E-state index contributed by atoms with van der Waals surface area (Å²) in [7, 11) is -4.34. The minimum Gasteiger partial charge on any atom is -0.399 e. The highest BCUT2D eigenvalue weighted by molar-refractivity contribution is 7.91. The van der Waals surface area contributed by atoms with E-state index in [1.807, 2.05) is 0 Å². The highest BCUT2D eigenvalue weighted by Crippen LogP contribution is 2.24. The normalized spacial score (nSPS) is 12.8. The van der Waals surface area contributed by atoms with Crippen LogP contribution in [0.2, 0.25) is 0 Å². The zero-order chi connectivity index (χ0) is 12.6. The predicted octanol–water partition coefficient (Wildman–Crippen LogP) is 1.91. The van der Waals surface area contributed by atoms with E-state index >= 15 is 0 Å². The zero-order valence-corrected chi connectivity index (χ0v) is 9.19. The number of hydrogen-bond acceptors (Lipinski definition) is 3. The number of sulfone groups is 1. The lowest BCUT2D eigenvalue weighted by molar-refractivity contribution is -0.106. The van der Waals surface area contributed by atoms with Crippen molar-refractivity contribution in [2.45, 2.75) is 18.0 Å². The number of rotatable bonds is 2. The summed E-state index contributed by atoms with van der Waals surface area (Å²) >= 11 is 0. The first-order valence-corrected chi connectivity index (χ1v) is 5.93. The summed E-state index contributed by atoms with van der Waals surface area (Å²) in [6.07, 6.45) is -4.74. The van der Waals surface area contributed by atoms with Crippen molar-refractivity contribution < 1.29 is 21.6 Å². The van der Waals surface area contributed by atoms with Gasteiger partial charge in [-0.2, -0.15) is 13.2 Å². The molecule has 7 heteroatoms. The molecule has 0 fully saturated rings. The van der Waals surface area contributed by atoms with Crippen LogP contribution in [-0.2, 0) is 9.84 Å². The van der Waals surface area contributed by atoms with Gasteiger partial charge in [0.05, 0.1) is 4.90 Å². The fraction of sp³-hybridized carbons (Fsp3) is 0.333. The van der Waals surface area contributed by atoms with Crippen molar-refractivity contribution in [3.8, 4) is 0 Å². The molecule has 90 valence electrons. The summed E-state index contributed by atoms with van der Waals surface area (Å²) in [5.41, 5.74) is 6.21. The Morgan fingerprint density at radius 2 is 1.88 bits per heavy atom. The molecule has 0 amide bonds. The highest BCUT2D eigenvalue weighted by Gasteiger charge is 2.35. The summed E-state index contributed by atoms with van der Waals surface area (Å²) in [6, 6.07) is 3.48. The summed E-state index contributed by atoms with van der Waals surface area (Å²) in [4.78, 5) is -0.364. The Labute approximate surface area is 91.0 Å². The quantitative estimate of drug-likeness (QED) is 0.819. The van der Waals surface area contributed by atoms with Gasteiger partial charge in [-0.3, -0.25) is 0 Å². The molecular formula is C9H10F3NO2S. The van der Waals surface area contributed by atoms with Crippen LogP contribution in [0, 0.1) is 6.92 Å². The minimum absolute atomic E-state index is 0.339. The molecule has 0 spiro atoms. The second kappa shape index (κ2) is 3.97. The molecule has 0 saturated heterocycles. The first-order chi connectivity index (χ1) is 7.12. The Bertz CT molecular complexity index is 494. The first-order valence-electron chi connectivity index (χ1n) is 4.27. The van der Waals surface area contributed by atoms with Crippen molar-refractivity contribution in [3.05, 3.63) is 23.8 Å². The molecule has 0 aliphatic heterocycles. The molecule has 0 heterocycles. The lowest BCUT2D eigenvalue weighted by atomic mass is 10.2. The van der Waals surface area contributed by atoms with Crippen LogP contribution in [0.3, 0.4) is 0 Å². The Hall–Kier alpha value is -1.24. The number of halogens is 3. The maximum absolute atomic E-state index is 12.0. The van der Waals surface area contributed by atoms with E-state index in [1.165, 1.54) is 13.0 Å². The molecule has 0 aromatic heterocycles. The number of nitrogens with two attached hydrogens (primary N) is 1. The van der Waals surface area contributed by atoms with Gasteiger partial charge >= 0.3 is 6.18 Å². The molecule has 16 heavy (non-hydrogen) atoms. The van der Waals surface area contributed by atoms with Gasteiger partial charge in [-0.1, -0.05) is 0 Å². The van der Waals surface area contributed by atoms with Crippen LogP contribution < -0.4 is 5.73 Å². The number of anilines is 1. The minimum atomic E-state index is -4.74. The maximum atomic E-state index is 12.0. The Balaban J connectivity index is 3.13. The average molecular weight is 253 g/mol. The van der Waals surface area contributed by atoms with Crippen LogP contribution in [0.25, 0.3) is 0 Å². The topological polar surface area (TPSA) is 60.2 Å². The van der Waals surface area contributed by atoms with Crippen molar-refractivity contribution in [1.29, 1.82) is 0 Å². The number of nitrogen functional groups attached to an aromatic ring is 1. The SMILES string of the molecule is Cc1cc(S(=O)(=O)CC(F)(F)F)ccc1N. The summed E-state index contributed by atoms with van der Waals surface area (Å²) in [5, 5.41) is 0. The second-order valence-electron chi connectivity index (χ2n) is 3.39. The van der Waals surface area contributed by atoms with Crippen molar-refractivity contribution in [3.63, 3.8) is 0 Å². The molecule has 2 N–H and O–H groups in total. The number of hydrogen-bond donors (Lipinski definition) is 1. The van der Waals surface area contributed by atoms with Crippen LogP contribution in [0.15, 0.2) is 23.1 Å². The third-order valence-electron chi connectivity index (χ3n) is 1.95. The van der Waals surface area contributed by atoms with Gasteiger partial charge in [-0.25, -0.2) is 8.42 Å². The standard InChI is InChI=1S/C9H10F3NO2S/c1-6-4-7(2-3-8(6)13)16(14,15)5-9(10,11)12/h2-4H,5,13H2,1H3. The van der Waals surface area contributed by atoms with Crippen LogP contribution in [0.4, 0.5) is 18.9 Å². The predicted molar refractivity (Wildman–Crippen MR) is 53.7 cm³/mol. The number of benzene rings is 1. The van der Waals surface area contributed by atoms with E-state index in [2.05, 4.69) is 0 Å². The third-order valence-corrected chi connectivity index (χ3v) is 3.63. The monoisotopic (exact) mass is 253 g/mol. The van der Waals surface area contributed by atoms with Gasteiger partial charge in [0, 0.05) is 5.69 Å². The summed E-state index contributed by atoms with van der Waals surface area (Å²) < 4.78 is 58.7. The molecule has 0 saturated carbocycles. The molecule has 0 atom stereocenters. The molecule has 0 radical (unpaired) electrons. The Kier molecular flexibility index (Phi) is 3.18. The molecule has 0 unspecified atom stereocenters. The highest BCUT2D eigenvalue weighted by atomic mass is 32.2. The van der Waals surface area contributed by atoms with Crippen LogP contribution in [0.5, 0.6) is 0 Å². The van der Waals surface area contributed by atoms with Crippen LogP contribution >= 0.6 is 0 Å². The van der Waals surface area contributed by atoms with Crippen molar-refractivity contribution in [2.75, 3.05) is 11.5 Å². The fourth-order valence-electron chi connectivity index (χ4n) is 1.14. The maximum Gasteiger partial charge on any atom is 0.403 e. The van der Waals surface area contributed by atoms with E-state index in [4.69, 9.17) is 5.73 Å². The summed E-state index contributed by atoms with van der Waals surface area (Å²) in [6.45, 7) is 1.53. The van der Waals surface area contributed by atoms with Crippen molar-refractivity contribution in [1.82, 2.24) is 0 Å². The van der Waals surface area contributed by atoms with E-state index in [1.54, 1.807) is 0 Å². The molecule has 0 aliphatic carbocycles. The van der Waals surface area contributed by atoms with E-state index in [-0.39, 0.29) is 4.90 Å². The van der Waals surface area contributed by atoms with Gasteiger partial charge in [0.2, 0.25) is 0 Å². The van der Waals surface area contributed by atoms with E-state index in [0.717, 1.165) is 12.1 Å². The van der Waals surface area contributed by atoms with Gasteiger partial charge in [0.1, 0.15) is 0 Å². The van der Waals surface area contributed by atoms with E-state index < -0.39 is 21.8 Å². The molecular weight excluding hydrogens is 243 g/mol. The van der Waals surface area contributed by atoms with E-state index in [0.29, 0.717) is 11.3 Å². The first kappa shape index (κ1) is 12.8. The van der Waals surface area contributed by atoms with Crippen LogP contribution in [-0.4, -0.2) is 20.3 Å². The number of aryl methyl sites for hydroxylation is 1. The molecule has 1 aromatic rings. The third kappa shape index (κ3) is 3.13. The lowest BCUT2D eigenvalue weighted by Crippen LogP contribution is -2.23. The molecule has 3 nitrogen and oxygen atoms in total. The van der Waals surface area contributed by atoms with Crippen molar-refractivity contribution >= 4 is 15.5 Å². The van der Waals surface area contributed by atoms with Gasteiger partial charge in [-0.15, -0.1) is 0 Å². The smallest absolute Gasteiger partial charge is 0.399 e. The van der Waals surface area contributed by atoms with Gasteiger partial charge in [0.25, 0.3) is 0 Å². The molecule has 0 aliphatic rings. The Morgan fingerprint density at radius 1 is 1.31 bits per heavy atom. The van der Waals surface area contributed by atoms with Crippen molar-refractivity contribution in [2.24, 2.45) is 0 Å². The fourth-order valence-corrected chi connectivity index (χ4v) is 2.37. The van der Waals surface area contributed by atoms with E-state index in [9.17, 15) is 21.6 Å². The molecule has 1 aromatic carbocycles.